The van der Waals surface area contributed by atoms with Crippen LogP contribution < -0.4 is 0 Å². The zero-order chi connectivity index (χ0) is 47.8. The molecule has 0 radical (unpaired) electrons. The van der Waals surface area contributed by atoms with Crippen molar-refractivity contribution in [3.05, 3.63) is 273 Å². The Bertz CT molecular complexity index is 3960. The van der Waals surface area contributed by atoms with E-state index in [1.54, 1.807) is 0 Å². The van der Waals surface area contributed by atoms with Crippen LogP contribution in [0.5, 0.6) is 0 Å². The molecular weight excluding hydrogens is 871 g/mol. The summed E-state index contributed by atoms with van der Waals surface area (Å²) in [6.45, 7) is 0. The van der Waals surface area contributed by atoms with Crippen LogP contribution in [0.25, 0.3) is 133 Å². The van der Waals surface area contributed by atoms with E-state index in [-0.39, 0.29) is 0 Å². The lowest BCUT2D eigenvalue weighted by atomic mass is 9.83. The molecule has 0 aliphatic heterocycles. The van der Waals surface area contributed by atoms with Crippen LogP contribution in [0.3, 0.4) is 0 Å². The van der Waals surface area contributed by atoms with Crippen molar-refractivity contribution >= 4 is 32.3 Å². The van der Waals surface area contributed by atoms with E-state index in [1.807, 2.05) is 6.07 Å². The molecule has 0 spiro atoms. The van der Waals surface area contributed by atoms with E-state index >= 15 is 0 Å². The monoisotopic (exact) mass is 915 g/mol. The summed E-state index contributed by atoms with van der Waals surface area (Å²) in [6.07, 6.45) is 0. The van der Waals surface area contributed by atoms with Gasteiger partial charge >= 0.3 is 0 Å². The van der Waals surface area contributed by atoms with Crippen molar-refractivity contribution in [3.63, 3.8) is 0 Å². The number of pyridine rings is 1. The highest BCUT2D eigenvalue weighted by Gasteiger charge is 2.26. The second-order valence-corrected chi connectivity index (χ2v) is 18.2. The first-order valence-corrected chi connectivity index (χ1v) is 24.5. The summed E-state index contributed by atoms with van der Waals surface area (Å²) in [5.74, 6) is 0.663. The van der Waals surface area contributed by atoms with Crippen LogP contribution in [0.4, 0.5) is 0 Å². The van der Waals surface area contributed by atoms with E-state index < -0.39 is 0 Å². The van der Waals surface area contributed by atoms with Gasteiger partial charge in [0, 0.05) is 44.5 Å². The van der Waals surface area contributed by atoms with E-state index in [4.69, 9.17) is 15.0 Å². The van der Waals surface area contributed by atoms with Crippen molar-refractivity contribution < 1.29 is 0 Å². The maximum Gasteiger partial charge on any atom is 0.160 e. The lowest BCUT2D eigenvalue weighted by Crippen LogP contribution is -2.01. The standard InChI is InChI=1S/C69H45N3/c1-6-21-47(22-7-1)62-45-63(71-69(70-62)52-39-37-46(38-40-52)53-41-42-60-58-35-17-16-33-56(58)57-34-18-19-36-59(57)61(60)44-53)54-31-20-32-55(43-54)64-65(48-23-8-2-9-24-48)67(50-27-12-4-13-28-50)72-68(51-29-14-5-15-30-51)66(64)49-25-10-3-11-26-49/h1-45H. The summed E-state index contributed by atoms with van der Waals surface area (Å²) in [7, 11) is 0. The van der Waals surface area contributed by atoms with E-state index in [0.29, 0.717) is 5.82 Å². The van der Waals surface area contributed by atoms with Crippen LogP contribution in [0.1, 0.15) is 0 Å². The molecule has 3 nitrogen and oxygen atoms in total. The molecule has 0 atom stereocenters. The van der Waals surface area contributed by atoms with Gasteiger partial charge in [-0.3, -0.25) is 0 Å². The van der Waals surface area contributed by atoms with E-state index in [2.05, 4.69) is 267 Å². The zero-order valence-electron chi connectivity index (χ0n) is 39.3. The maximum absolute atomic E-state index is 5.66. The Kier molecular flexibility index (Phi) is 10.9. The molecule has 336 valence electrons. The minimum atomic E-state index is 0.663. The molecule has 0 unspecified atom stereocenters. The van der Waals surface area contributed by atoms with Gasteiger partial charge in [0.05, 0.1) is 22.8 Å². The average Bonchev–Trinajstić information content (AvgIpc) is 3.47. The van der Waals surface area contributed by atoms with Gasteiger partial charge in [0.25, 0.3) is 0 Å². The fourth-order valence-electron chi connectivity index (χ4n) is 10.5. The van der Waals surface area contributed by atoms with Crippen LogP contribution in [0, 0.1) is 0 Å². The molecular formula is C69H45N3. The molecule has 3 heteroatoms. The molecule has 0 amide bonds. The highest BCUT2D eigenvalue weighted by Crippen LogP contribution is 2.49. The first-order chi connectivity index (χ1) is 35.7. The van der Waals surface area contributed by atoms with Crippen molar-refractivity contribution in [2.75, 3.05) is 0 Å². The summed E-state index contributed by atoms with van der Waals surface area (Å²) in [5, 5.41) is 7.60. The van der Waals surface area contributed by atoms with Crippen LogP contribution in [-0.2, 0) is 0 Å². The Morgan fingerprint density at radius 1 is 0.181 bits per heavy atom. The first-order valence-electron chi connectivity index (χ1n) is 24.5. The third kappa shape index (κ3) is 7.80. The molecule has 0 saturated carbocycles. The molecule has 72 heavy (non-hydrogen) atoms. The van der Waals surface area contributed by atoms with Gasteiger partial charge in [0.1, 0.15) is 0 Å². The summed E-state index contributed by atoms with van der Waals surface area (Å²) >= 11 is 0. The Morgan fingerprint density at radius 3 is 1.07 bits per heavy atom. The molecule has 2 aromatic heterocycles. The third-order valence-electron chi connectivity index (χ3n) is 13.9. The first kappa shape index (κ1) is 42.5. The molecule has 0 bridgehead atoms. The topological polar surface area (TPSA) is 38.7 Å². The normalized spacial score (nSPS) is 11.3. The van der Waals surface area contributed by atoms with Crippen LogP contribution in [-0.4, -0.2) is 15.0 Å². The number of fused-ring (bicyclic) bond motifs is 6. The van der Waals surface area contributed by atoms with Crippen LogP contribution in [0.15, 0.2) is 273 Å². The molecule has 0 aliphatic rings. The predicted molar refractivity (Wildman–Crippen MR) is 301 cm³/mol. The highest BCUT2D eigenvalue weighted by molar-refractivity contribution is 6.25. The molecule has 0 aliphatic carbocycles. The number of benzene rings is 11. The quantitative estimate of drug-likeness (QED) is 0.135. The van der Waals surface area contributed by atoms with Gasteiger partial charge in [-0.25, -0.2) is 15.0 Å². The Balaban J connectivity index is 0.985. The van der Waals surface area contributed by atoms with Gasteiger partial charge < -0.3 is 0 Å². The zero-order valence-corrected chi connectivity index (χ0v) is 39.3. The van der Waals surface area contributed by atoms with Gasteiger partial charge in [-0.2, -0.15) is 0 Å². The fourth-order valence-corrected chi connectivity index (χ4v) is 10.5. The van der Waals surface area contributed by atoms with E-state index in [0.717, 1.165) is 95.1 Å². The van der Waals surface area contributed by atoms with Gasteiger partial charge in [-0.1, -0.05) is 255 Å². The lowest BCUT2D eigenvalue weighted by Gasteiger charge is -2.23. The molecule has 0 saturated heterocycles. The number of rotatable bonds is 9. The number of aromatic nitrogens is 3. The molecule has 13 aromatic rings. The second-order valence-electron chi connectivity index (χ2n) is 18.2. The summed E-state index contributed by atoms with van der Waals surface area (Å²) in [5.41, 5.74) is 17.4. The summed E-state index contributed by atoms with van der Waals surface area (Å²) < 4.78 is 0. The molecule has 13 rings (SSSR count). The second kappa shape index (κ2) is 18.4. The summed E-state index contributed by atoms with van der Waals surface area (Å²) in [4.78, 5) is 16.3. The average molecular weight is 916 g/mol. The van der Waals surface area contributed by atoms with Gasteiger partial charge in [0.15, 0.2) is 5.82 Å². The molecule has 2 heterocycles. The fraction of sp³-hybridized carbons (Fsp3) is 0. The number of hydrogen-bond donors (Lipinski definition) is 0. The Morgan fingerprint density at radius 2 is 0.556 bits per heavy atom. The third-order valence-corrected chi connectivity index (χ3v) is 13.9. The SMILES string of the molecule is c1ccc(-c2cc(-c3cccc(-c4c(-c5ccccc5)c(-c5ccccc5)nc(-c5ccccc5)c4-c4ccccc4)c3)nc(-c3ccc(-c4ccc5c6ccccc6c6ccccc6c5c4)cc3)n2)cc1. The van der Waals surface area contributed by atoms with E-state index in [1.165, 1.54) is 32.3 Å². The van der Waals surface area contributed by atoms with E-state index in [9.17, 15) is 0 Å². The lowest BCUT2D eigenvalue weighted by molar-refractivity contribution is 1.18. The number of nitrogens with zero attached hydrogens (tertiary/aromatic N) is 3. The molecule has 0 fully saturated rings. The van der Waals surface area contributed by atoms with Gasteiger partial charge in [0.2, 0.25) is 0 Å². The van der Waals surface area contributed by atoms with Crippen molar-refractivity contribution in [1.29, 1.82) is 0 Å². The Labute approximate surface area is 419 Å². The maximum atomic E-state index is 5.66. The molecule has 0 N–H and O–H groups in total. The minimum Gasteiger partial charge on any atom is -0.246 e. The number of hydrogen-bond acceptors (Lipinski definition) is 3. The molecule has 11 aromatic carbocycles. The van der Waals surface area contributed by atoms with Crippen molar-refractivity contribution in [1.82, 2.24) is 15.0 Å². The summed E-state index contributed by atoms with van der Waals surface area (Å²) in [6, 6.07) is 97.0. The smallest absolute Gasteiger partial charge is 0.160 e. The largest absolute Gasteiger partial charge is 0.246 e. The van der Waals surface area contributed by atoms with Gasteiger partial charge in [-0.15, -0.1) is 0 Å². The van der Waals surface area contributed by atoms with Crippen LogP contribution >= 0.6 is 0 Å². The Hall–Kier alpha value is -9.57. The van der Waals surface area contributed by atoms with Crippen molar-refractivity contribution in [2.24, 2.45) is 0 Å². The minimum absolute atomic E-state index is 0.663. The van der Waals surface area contributed by atoms with Crippen molar-refractivity contribution in [2.45, 2.75) is 0 Å². The highest BCUT2D eigenvalue weighted by atomic mass is 14.9. The van der Waals surface area contributed by atoms with Crippen LogP contribution in [0.2, 0.25) is 0 Å². The predicted octanol–water partition coefficient (Wildman–Crippen LogP) is 18.3. The van der Waals surface area contributed by atoms with Crippen molar-refractivity contribution in [3.8, 4) is 101 Å². The van der Waals surface area contributed by atoms with Gasteiger partial charge in [-0.05, 0) is 78.3 Å².